The molecular formula is C31H37F4N7O3. The zero-order valence-corrected chi connectivity index (χ0v) is 25.8. The number of aliphatic hydroxyl groups is 1. The number of likely N-dealkylation sites (N-methyl/N-ethyl adjacent to an activating group) is 1. The van der Waals surface area contributed by atoms with E-state index >= 15 is 4.39 Å². The maximum Gasteiger partial charge on any atom is 0.417 e. The summed E-state index contributed by atoms with van der Waals surface area (Å²) in [6.07, 6.45) is -0.112. The van der Waals surface area contributed by atoms with Crippen molar-refractivity contribution in [2.75, 3.05) is 48.3 Å². The summed E-state index contributed by atoms with van der Waals surface area (Å²) >= 11 is 0. The maximum absolute atomic E-state index is 15.8. The van der Waals surface area contributed by atoms with Crippen LogP contribution in [0.4, 0.5) is 34.9 Å². The average Bonchev–Trinajstić information content (AvgIpc) is 2.97. The van der Waals surface area contributed by atoms with E-state index in [1.165, 1.54) is 31.6 Å². The van der Waals surface area contributed by atoms with Crippen LogP contribution in [0, 0.1) is 5.82 Å². The van der Waals surface area contributed by atoms with Crippen molar-refractivity contribution >= 4 is 23.2 Å². The second kappa shape index (κ2) is 12.0. The average molecular weight is 632 g/mol. The van der Waals surface area contributed by atoms with Crippen LogP contribution in [0.3, 0.4) is 0 Å². The first-order chi connectivity index (χ1) is 21.0. The zero-order chi connectivity index (χ0) is 32.8. The topological polar surface area (TPSA) is 107 Å². The minimum absolute atomic E-state index is 0.0499. The van der Waals surface area contributed by atoms with Crippen LogP contribution in [-0.2, 0) is 13.2 Å². The number of pyridine rings is 1. The molecule has 1 amide bonds. The largest absolute Gasteiger partial charge is 0.417 e. The number of piperidine rings is 1. The summed E-state index contributed by atoms with van der Waals surface area (Å²) in [4.78, 5) is 40.3. The molecule has 242 valence electrons. The molecule has 2 aromatic heterocycles. The van der Waals surface area contributed by atoms with Gasteiger partial charge < -0.3 is 24.8 Å². The minimum Gasteiger partial charge on any atom is -0.390 e. The molecule has 4 heterocycles. The third-order valence-corrected chi connectivity index (χ3v) is 8.89. The van der Waals surface area contributed by atoms with Crippen molar-refractivity contribution in [3.8, 4) is 11.1 Å². The second-order valence-electron chi connectivity index (χ2n) is 12.4. The number of nitrogens with zero attached hydrogens (tertiary/aromatic N) is 6. The lowest BCUT2D eigenvalue weighted by Gasteiger charge is -2.44. The van der Waals surface area contributed by atoms with Crippen LogP contribution in [0.25, 0.3) is 11.1 Å². The fourth-order valence-corrected chi connectivity index (χ4v) is 5.79. The van der Waals surface area contributed by atoms with Crippen LogP contribution < -0.4 is 20.7 Å². The summed E-state index contributed by atoms with van der Waals surface area (Å²) in [6, 6.07) is 3.17. The Kier molecular flexibility index (Phi) is 8.66. The number of hydrogen-bond donors (Lipinski definition) is 2. The molecule has 0 bridgehead atoms. The highest BCUT2D eigenvalue weighted by Crippen LogP contribution is 2.37. The standard InChI is InChI=1S/C31H37F4N7O3/c1-18-15-42(16-19(2)40(18)5)26-12-24(32)21(20-13-36-29(37-14-20)41-8-6-30(3,45)7-9-41)10-25(26)38-28(44)22-17-39(4)27(43)11-23(22)31(33,34)35/h10-14,17-19,45H,6-9,15-16H2,1-5H3,(H,38,44)/t18-,19+. The number of aryl methyl sites for hydroxylation is 1. The van der Waals surface area contributed by atoms with Crippen LogP contribution in [0.15, 0.2) is 41.6 Å². The smallest absolute Gasteiger partial charge is 0.390 e. The van der Waals surface area contributed by atoms with Gasteiger partial charge in [-0.3, -0.25) is 14.5 Å². The summed E-state index contributed by atoms with van der Waals surface area (Å²) in [7, 11) is 3.23. The molecule has 45 heavy (non-hydrogen) atoms. The number of halogens is 4. The van der Waals surface area contributed by atoms with Crippen molar-refractivity contribution in [3.05, 3.63) is 64.1 Å². The summed E-state index contributed by atoms with van der Waals surface area (Å²) in [5, 5.41) is 12.8. The van der Waals surface area contributed by atoms with Crippen LogP contribution >= 0.6 is 0 Å². The van der Waals surface area contributed by atoms with E-state index in [1.807, 2.05) is 30.7 Å². The molecule has 2 saturated heterocycles. The highest BCUT2D eigenvalue weighted by molar-refractivity contribution is 6.07. The first-order valence-corrected chi connectivity index (χ1v) is 14.7. The number of alkyl halides is 3. The summed E-state index contributed by atoms with van der Waals surface area (Å²) in [5.41, 5.74) is -3.00. The molecule has 2 atom stereocenters. The molecular weight excluding hydrogens is 594 g/mol. The minimum atomic E-state index is -4.96. The van der Waals surface area contributed by atoms with Gasteiger partial charge in [-0.2, -0.15) is 13.2 Å². The molecule has 1 aromatic carbocycles. The lowest BCUT2D eigenvalue weighted by Crippen LogP contribution is -2.55. The van der Waals surface area contributed by atoms with Crippen LogP contribution in [0.5, 0.6) is 0 Å². The van der Waals surface area contributed by atoms with Crippen molar-refractivity contribution in [2.45, 2.75) is 57.5 Å². The first-order valence-electron chi connectivity index (χ1n) is 14.7. The third kappa shape index (κ3) is 6.81. The van der Waals surface area contributed by atoms with Crippen molar-refractivity contribution < 1.29 is 27.5 Å². The summed E-state index contributed by atoms with van der Waals surface area (Å²) in [6.45, 7) is 7.87. The van der Waals surface area contributed by atoms with Gasteiger partial charge in [0.2, 0.25) is 5.95 Å². The zero-order valence-electron chi connectivity index (χ0n) is 25.8. The number of carbonyl (C=O) groups is 1. The van der Waals surface area contributed by atoms with E-state index in [0.29, 0.717) is 62.3 Å². The fraction of sp³-hybridized carbons (Fsp3) is 0.484. The van der Waals surface area contributed by atoms with Crippen molar-refractivity contribution in [2.24, 2.45) is 7.05 Å². The van der Waals surface area contributed by atoms with Gasteiger partial charge in [0.05, 0.1) is 28.1 Å². The van der Waals surface area contributed by atoms with Crippen LogP contribution in [-0.4, -0.2) is 81.4 Å². The van der Waals surface area contributed by atoms with E-state index in [2.05, 4.69) is 20.2 Å². The molecule has 0 spiro atoms. The number of carbonyl (C=O) groups excluding carboxylic acids is 1. The van der Waals surface area contributed by atoms with Crippen molar-refractivity contribution in [1.29, 1.82) is 0 Å². The highest BCUT2D eigenvalue weighted by atomic mass is 19.4. The molecule has 2 fully saturated rings. The molecule has 0 unspecified atom stereocenters. The Morgan fingerprint density at radius 3 is 2.20 bits per heavy atom. The van der Waals surface area contributed by atoms with Gasteiger partial charge in [-0.25, -0.2) is 14.4 Å². The van der Waals surface area contributed by atoms with E-state index < -0.39 is 40.2 Å². The Labute approximate surface area is 258 Å². The molecule has 10 nitrogen and oxygen atoms in total. The third-order valence-electron chi connectivity index (χ3n) is 8.89. The number of hydrogen-bond acceptors (Lipinski definition) is 8. The lowest BCUT2D eigenvalue weighted by atomic mass is 9.94. The van der Waals surface area contributed by atoms with Gasteiger partial charge >= 0.3 is 6.18 Å². The first kappa shape index (κ1) is 32.4. The van der Waals surface area contributed by atoms with E-state index in [1.54, 1.807) is 6.92 Å². The molecule has 2 N–H and O–H groups in total. The van der Waals surface area contributed by atoms with Crippen LogP contribution in [0.2, 0.25) is 0 Å². The van der Waals surface area contributed by atoms with Gasteiger partial charge in [0.25, 0.3) is 11.5 Å². The van der Waals surface area contributed by atoms with E-state index in [9.17, 15) is 27.9 Å². The highest BCUT2D eigenvalue weighted by Gasteiger charge is 2.37. The summed E-state index contributed by atoms with van der Waals surface area (Å²) in [5.74, 6) is -1.29. The molecule has 2 aliphatic heterocycles. The molecule has 0 radical (unpaired) electrons. The van der Waals surface area contributed by atoms with Gasteiger partial charge in [0.1, 0.15) is 5.82 Å². The van der Waals surface area contributed by atoms with Crippen molar-refractivity contribution in [3.63, 3.8) is 0 Å². The Hall–Kier alpha value is -4.04. The molecule has 0 saturated carbocycles. The van der Waals surface area contributed by atoms with Gasteiger partial charge in [0.15, 0.2) is 0 Å². The molecule has 5 rings (SSSR count). The predicted molar refractivity (Wildman–Crippen MR) is 163 cm³/mol. The molecule has 14 heteroatoms. The lowest BCUT2D eigenvalue weighted by molar-refractivity contribution is -0.138. The number of piperazine rings is 1. The SMILES string of the molecule is C[C@@H]1CN(c2cc(F)c(-c3cnc(N4CCC(C)(O)CC4)nc3)cc2NC(=O)c2cn(C)c(=O)cc2C(F)(F)F)C[C@H](C)N1C. The number of benzene rings is 1. The summed E-state index contributed by atoms with van der Waals surface area (Å²) < 4.78 is 58.4. The Morgan fingerprint density at radius 1 is 1.02 bits per heavy atom. The normalized spacial score (nSPS) is 20.8. The Balaban J connectivity index is 1.54. The number of nitrogens with one attached hydrogen (secondary N) is 1. The van der Waals surface area contributed by atoms with E-state index in [-0.39, 0.29) is 23.3 Å². The predicted octanol–water partition coefficient (Wildman–Crippen LogP) is 4.13. The van der Waals surface area contributed by atoms with E-state index in [0.717, 1.165) is 10.8 Å². The maximum atomic E-state index is 15.8. The van der Waals surface area contributed by atoms with E-state index in [4.69, 9.17) is 0 Å². The van der Waals surface area contributed by atoms with Gasteiger partial charge in [-0.1, -0.05) is 0 Å². The van der Waals surface area contributed by atoms with Gasteiger partial charge in [0, 0.05) is 81.1 Å². The number of anilines is 3. The number of amides is 1. The molecule has 0 aliphatic carbocycles. The van der Waals surface area contributed by atoms with Crippen LogP contribution in [0.1, 0.15) is 49.5 Å². The van der Waals surface area contributed by atoms with Gasteiger partial charge in [-0.15, -0.1) is 0 Å². The second-order valence-corrected chi connectivity index (χ2v) is 12.4. The number of rotatable bonds is 5. The quantitative estimate of drug-likeness (QED) is 0.405. The van der Waals surface area contributed by atoms with Gasteiger partial charge in [-0.05, 0) is 52.8 Å². The molecule has 2 aliphatic rings. The number of aromatic nitrogens is 3. The monoisotopic (exact) mass is 631 g/mol. The fourth-order valence-electron chi connectivity index (χ4n) is 5.79. The van der Waals surface area contributed by atoms with Crippen molar-refractivity contribution in [1.82, 2.24) is 19.4 Å². The Bertz CT molecular complexity index is 1620. The Morgan fingerprint density at radius 2 is 1.62 bits per heavy atom. The molecule has 3 aromatic rings.